The molecule has 0 aliphatic heterocycles. The van der Waals surface area contributed by atoms with Crippen molar-refractivity contribution in [3.8, 4) is 0 Å². The van der Waals surface area contributed by atoms with E-state index < -0.39 is 12.5 Å². The molecule has 0 bridgehead atoms. The molecule has 0 aliphatic rings. The van der Waals surface area contributed by atoms with Crippen molar-refractivity contribution >= 4 is 11.9 Å². The SMILES string of the molecule is CC(C)C[C@@H](C(=O)NCC(=O)[O-])N(C)C.[Na+]. The van der Waals surface area contributed by atoms with Gasteiger partial charge in [-0.15, -0.1) is 0 Å². The Morgan fingerprint density at radius 2 is 1.81 bits per heavy atom. The Bertz CT molecular complexity index is 232. The van der Waals surface area contributed by atoms with Gasteiger partial charge in [0.25, 0.3) is 0 Å². The summed E-state index contributed by atoms with van der Waals surface area (Å²) in [4.78, 5) is 23.5. The number of hydrogen-bond acceptors (Lipinski definition) is 4. The van der Waals surface area contributed by atoms with Crippen molar-refractivity contribution in [1.29, 1.82) is 0 Å². The summed E-state index contributed by atoms with van der Waals surface area (Å²) >= 11 is 0. The van der Waals surface area contributed by atoms with Gasteiger partial charge in [0.2, 0.25) is 5.91 Å². The number of amides is 1. The second kappa shape index (κ2) is 8.98. The Kier molecular flexibility index (Phi) is 10.3. The maximum Gasteiger partial charge on any atom is 1.00 e. The maximum atomic E-state index is 11.6. The quantitative estimate of drug-likeness (QED) is 0.477. The fraction of sp³-hybridized carbons (Fsp3) is 0.800. The summed E-state index contributed by atoms with van der Waals surface area (Å²) in [6.07, 6.45) is 0.700. The van der Waals surface area contributed by atoms with Crippen LogP contribution < -0.4 is 40.0 Å². The number of carbonyl (C=O) groups excluding carboxylic acids is 2. The number of carboxylic acids is 1. The van der Waals surface area contributed by atoms with Gasteiger partial charge in [-0.05, 0) is 26.4 Å². The predicted molar refractivity (Wildman–Crippen MR) is 54.9 cm³/mol. The van der Waals surface area contributed by atoms with E-state index in [0.29, 0.717) is 12.3 Å². The molecule has 1 atom stereocenters. The molecule has 16 heavy (non-hydrogen) atoms. The van der Waals surface area contributed by atoms with Crippen LogP contribution in [0.4, 0.5) is 0 Å². The molecule has 0 unspecified atom stereocenters. The van der Waals surface area contributed by atoms with Crippen LogP contribution in [0.2, 0.25) is 0 Å². The van der Waals surface area contributed by atoms with Crippen molar-refractivity contribution in [2.75, 3.05) is 20.6 Å². The summed E-state index contributed by atoms with van der Waals surface area (Å²) < 4.78 is 0. The summed E-state index contributed by atoms with van der Waals surface area (Å²) in [7, 11) is 3.59. The second-order valence-corrected chi connectivity index (χ2v) is 4.20. The van der Waals surface area contributed by atoms with Crippen LogP contribution in [-0.4, -0.2) is 43.5 Å². The van der Waals surface area contributed by atoms with Gasteiger partial charge < -0.3 is 15.2 Å². The van der Waals surface area contributed by atoms with Gasteiger partial charge >= 0.3 is 29.6 Å². The monoisotopic (exact) mass is 238 g/mol. The number of carbonyl (C=O) groups is 2. The molecule has 0 aromatic carbocycles. The summed E-state index contributed by atoms with van der Waals surface area (Å²) in [5, 5.41) is 12.5. The third kappa shape index (κ3) is 8.10. The molecular weight excluding hydrogens is 219 g/mol. The number of nitrogens with one attached hydrogen (secondary N) is 1. The first-order valence-corrected chi connectivity index (χ1v) is 4.98. The van der Waals surface area contributed by atoms with E-state index >= 15 is 0 Å². The number of carboxylic acid groups (broad SMARTS) is 1. The third-order valence-corrected chi connectivity index (χ3v) is 2.03. The van der Waals surface area contributed by atoms with Gasteiger partial charge in [0, 0.05) is 0 Å². The average molecular weight is 238 g/mol. The third-order valence-electron chi connectivity index (χ3n) is 2.03. The Balaban J connectivity index is 0. The van der Waals surface area contributed by atoms with Gasteiger partial charge in [-0.1, -0.05) is 13.8 Å². The van der Waals surface area contributed by atoms with Crippen molar-refractivity contribution in [3.05, 3.63) is 0 Å². The zero-order valence-corrected chi connectivity index (χ0v) is 12.7. The summed E-state index contributed by atoms with van der Waals surface area (Å²) in [5.41, 5.74) is 0. The molecule has 0 heterocycles. The molecule has 0 aliphatic carbocycles. The Hall–Kier alpha value is -0.100. The first kappa shape index (κ1) is 18.3. The molecule has 0 saturated carbocycles. The molecule has 6 heteroatoms. The first-order chi connectivity index (χ1) is 6.84. The molecule has 0 aromatic heterocycles. The van der Waals surface area contributed by atoms with E-state index in [1.165, 1.54) is 0 Å². The van der Waals surface area contributed by atoms with Crippen LogP contribution in [0.3, 0.4) is 0 Å². The largest absolute Gasteiger partial charge is 1.00 e. The summed E-state index contributed by atoms with van der Waals surface area (Å²) in [6.45, 7) is 3.60. The number of rotatable bonds is 6. The van der Waals surface area contributed by atoms with Gasteiger partial charge in [0.15, 0.2) is 0 Å². The van der Waals surface area contributed by atoms with E-state index in [-0.39, 0.29) is 41.5 Å². The molecule has 88 valence electrons. The molecule has 0 radical (unpaired) electrons. The van der Waals surface area contributed by atoms with Gasteiger partial charge in [0.1, 0.15) is 0 Å². The normalized spacial score (nSPS) is 12.1. The molecule has 0 aromatic rings. The first-order valence-electron chi connectivity index (χ1n) is 4.98. The minimum absolute atomic E-state index is 0. The molecule has 1 amide bonds. The number of aliphatic carboxylic acids is 1. The Morgan fingerprint density at radius 3 is 2.12 bits per heavy atom. The minimum Gasteiger partial charge on any atom is -0.548 e. The zero-order valence-electron chi connectivity index (χ0n) is 10.7. The maximum absolute atomic E-state index is 11.6. The van der Waals surface area contributed by atoms with E-state index in [0.717, 1.165) is 0 Å². The van der Waals surface area contributed by atoms with Crippen molar-refractivity contribution in [3.63, 3.8) is 0 Å². The summed E-state index contributed by atoms with van der Waals surface area (Å²) in [6, 6.07) is -0.288. The van der Waals surface area contributed by atoms with Crippen LogP contribution in [0.5, 0.6) is 0 Å². The zero-order chi connectivity index (χ0) is 12.0. The molecule has 0 saturated heterocycles. The number of hydrogen-bond donors (Lipinski definition) is 1. The Morgan fingerprint density at radius 1 is 1.31 bits per heavy atom. The van der Waals surface area contributed by atoms with E-state index in [4.69, 9.17) is 0 Å². The fourth-order valence-corrected chi connectivity index (χ4v) is 1.28. The van der Waals surface area contributed by atoms with Crippen LogP contribution in [0, 0.1) is 5.92 Å². The standard InChI is InChI=1S/C10H20N2O3.Na/c1-7(2)5-8(12(3)4)10(15)11-6-9(13)14;/h7-8H,5-6H2,1-4H3,(H,11,15)(H,13,14);/q;+1/p-1/t8-;/m0./s1. The fourth-order valence-electron chi connectivity index (χ4n) is 1.28. The van der Waals surface area contributed by atoms with Crippen LogP contribution in [-0.2, 0) is 9.59 Å². The van der Waals surface area contributed by atoms with E-state index in [2.05, 4.69) is 5.32 Å². The minimum atomic E-state index is -1.27. The molecule has 1 N–H and O–H groups in total. The Labute approximate surface area is 119 Å². The van der Waals surface area contributed by atoms with Crippen molar-refractivity contribution in [1.82, 2.24) is 10.2 Å². The van der Waals surface area contributed by atoms with Gasteiger partial charge in [-0.25, -0.2) is 0 Å². The van der Waals surface area contributed by atoms with Gasteiger partial charge in [0.05, 0.1) is 18.6 Å². The van der Waals surface area contributed by atoms with Crippen LogP contribution in [0.15, 0.2) is 0 Å². The predicted octanol–water partition coefficient (Wildman–Crippen LogP) is -4.17. The van der Waals surface area contributed by atoms with E-state index in [1.807, 2.05) is 13.8 Å². The number of nitrogens with zero attached hydrogens (tertiary/aromatic N) is 1. The smallest absolute Gasteiger partial charge is 0.548 e. The van der Waals surface area contributed by atoms with Crippen LogP contribution in [0.1, 0.15) is 20.3 Å². The topological polar surface area (TPSA) is 72.5 Å². The van der Waals surface area contributed by atoms with Crippen LogP contribution in [0.25, 0.3) is 0 Å². The molecular formula is C10H19N2NaO3. The molecule has 0 spiro atoms. The molecule has 0 fully saturated rings. The molecule has 0 rings (SSSR count). The van der Waals surface area contributed by atoms with E-state index in [1.54, 1.807) is 19.0 Å². The molecule has 5 nitrogen and oxygen atoms in total. The summed E-state index contributed by atoms with van der Waals surface area (Å²) in [5.74, 6) is -1.16. The van der Waals surface area contributed by atoms with Gasteiger partial charge in [-0.3, -0.25) is 9.69 Å². The van der Waals surface area contributed by atoms with Crippen LogP contribution >= 0.6 is 0 Å². The van der Waals surface area contributed by atoms with Gasteiger partial charge in [-0.2, -0.15) is 0 Å². The second-order valence-electron chi connectivity index (χ2n) is 4.20. The number of likely N-dealkylation sites (N-methyl/N-ethyl adjacent to an activating group) is 1. The average Bonchev–Trinajstić information content (AvgIpc) is 2.09. The van der Waals surface area contributed by atoms with Crippen molar-refractivity contribution in [2.45, 2.75) is 26.3 Å². The van der Waals surface area contributed by atoms with E-state index in [9.17, 15) is 14.7 Å². The van der Waals surface area contributed by atoms with Crippen molar-refractivity contribution in [2.24, 2.45) is 5.92 Å². The van der Waals surface area contributed by atoms with Crippen molar-refractivity contribution < 1.29 is 44.3 Å².